The van der Waals surface area contributed by atoms with Gasteiger partial charge in [-0.2, -0.15) is 0 Å². The summed E-state index contributed by atoms with van der Waals surface area (Å²) in [5.74, 6) is 0.0734. The lowest BCUT2D eigenvalue weighted by atomic mass is 10.1. The predicted octanol–water partition coefficient (Wildman–Crippen LogP) is 2.53. The van der Waals surface area contributed by atoms with Crippen molar-refractivity contribution in [1.29, 1.82) is 0 Å². The van der Waals surface area contributed by atoms with Gasteiger partial charge in [-0.3, -0.25) is 14.9 Å². The Labute approximate surface area is 160 Å². The smallest absolute Gasteiger partial charge is 0.320 e. The van der Waals surface area contributed by atoms with Gasteiger partial charge in [0.15, 0.2) is 0 Å². The van der Waals surface area contributed by atoms with Crippen molar-refractivity contribution in [2.75, 3.05) is 14.2 Å². The largest absolute Gasteiger partial charge is 0.497 e. The van der Waals surface area contributed by atoms with E-state index in [0.717, 1.165) is 12.0 Å². The molecule has 1 aromatic carbocycles. The standard InChI is InChI=1S/C18H28N2O5.ClH/c1-6-7-15(18(22)23)19-12(3)17(21)20-11(2)14-10-13(24-4)8-9-16(14)25-5;/h8-12,15,19H,6-7H2,1-5H3,(H,20,21)(H,22,23);1H. The lowest BCUT2D eigenvalue weighted by Crippen LogP contribution is -2.49. The van der Waals surface area contributed by atoms with Gasteiger partial charge < -0.3 is 19.9 Å². The molecule has 0 saturated heterocycles. The number of nitrogens with one attached hydrogen (secondary N) is 2. The third-order valence-corrected chi connectivity index (χ3v) is 3.98. The second-order valence-electron chi connectivity index (χ2n) is 5.91. The van der Waals surface area contributed by atoms with E-state index < -0.39 is 18.1 Å². The number of aliphatic carboxylic acids is 1. The number of rotatable bonds is 10. The molecule has 0 aliphatic carbocycles. The first kappa shape index (κ1) is 24.0. The Bertz CT molecular complexity index is 597. The molecule has 1 aromatic rings. The SMILES string of the molecule is CCCC(NC(C)C(=O)NC(C)c1cc(OC)ccc1OC)C(=O)O.Cl. The zero-order valence-electron chi connectivity index (χ0n) is 15.9. The number of carbonyl (C=O) groups excluding carboxylic acids is 1. The van der Waals surface area contributed by atoms with Crippen LogP contribution in [0.25, 0.3) is 0 Å². The van der Waals surface area contributed by atoms with E-state index in [0.29, 0.717) is 17.9 Å². The van der Waals surface area contributed by atoms with Gasteiger partial charge in [-0.05, 0) is 38.5 Å². The fraction of sp³-hybridized carbons (Fsp3) is 0.556. The van der Waals surface area contributed by atoms with Crippen LogP contribution in [0.3, 0.4) is 0 Å². The van der Waals surface area contributed by atoms with Crippen LogP contribution in [0.4, 0.5) is 0 Å². The number of ether oxygens (including phenoxy) is 2. The fourth-order valence-corrected chi connectivity index (χ4v) is 2.54. The number of hydrogen-bond donors (Lipinski definition) is 3. The van der Waals surface area contributed by atoms with Gasteiger partial charge in [-0.15, -0.1) is 12.4 Å². The van der Waals surface area contributed by atoms with Crippen LogP contribution in [0.5, 0.6) is 11.5 Å². The minimum atomic E-state index is -0.955. The minimum absolute atomic E-state index is 0. The summed E-state index contributed by atoms with van der Waals surface area (Å²) in [6.07, 6.45) is 1.18. The number of methoxy groups -OCH3 is 2. The van der Waals surface area contributed by atoms with Gasteiger partial charge in [0.2, 0.25) is 5.91 Å². The Hall–Kier alpha value is -1.99. The first-order chi connectivity index (χ1) is 11.8. The van der Waals surface area contributed by atoms with Crippen LogP contribution < -0.4 is 20.1 Å². The van der Waals surface area contributed by atoms with E-state index in [-0.39, 0.29) is 24.4 Å². The average molecular weight is 389 g/mol. The molecule has 0 aliphatic heterocycles. The van der Waals surface area contributed by atoms with Crippen molar-refractivity contribution < 1.29 is 24.2 Å². The van der Waals surface area contributed by atoms with E-state index in [2.05, 4.69) is 10.6 Å². The quantitative estimate of drug-likeness (QED) is 0.570. The van der Waals surface area contributed by atoms with E-state index in [4.69, 9.17) is 9.47 Å². The van der Waals surface area contributed by atoms with Crippen molar-refractivity contribution in [3.63, 3.8) is 0 Å². The second-order valence-corrected chi connectivity index (χ2v) is 5.91. The predicted molar refractivity (Wildman–Crippen MR) is 102 cm³/mol. The van der Waals surface area contributed by atoms with Gasteiger partial charge in [0.1, 0.15) is 17.5 Å². The van der Waals surface area contributed by atoms with Crippen LogP contribution in [0.2, 0.25) is 0 Å². The number of carbonyl (C=O) groups is 2. The normalized spacial score (nSPS) is 13.7. The number of amides is 1. The fourth-order valence-electron chi connectivity index (χ4n) is 2.54. The van der Waals surface area contributed by atoms with E-state index in [9.17, 15) is 14.7 Å². The molecule has 0 fully saturated rings. The molecule has 0 saturated carbocycles. The Morgan fingerprint density at radius 1 is 1.19 bits per heavy atom. The van der Waals surface area contributed by atoms with Crippen molar-refractivity contribution in [1.82, 2.24) is 10.6 Å². The molecular formula is C18H29ClN2O5. The molecule has 0 radical (unpaired) electrons. The summed E-state index contributed by atoms with van der Waals surface area (Å²) in [5.41, 5.74) is 0.783. The van der Waals surface area contributed by atoms with Crippen LogP contribution in [0.1, 0.15) is 45.2 Å². The van der Waals surface area contributed by atoms with Crippen LogP contribution in [-0.4, -0.2) is 43.3 Å². The van der Waals surface area contributed by atoms with Crippen LogP contribution >= 0.6 is 12.4 Å². The molecule has 8 heteroatoms. The topological polar surface area (TPSA) is 96.9 Å². The van der Waals surface area contributed by atoms with E-state index in [1.54, 1.807) is 39.3 Å². The molecule has 3 atom stereocenters. The van der Waals surface area contributed by atoms with Crippen molar-refractivity contribution in [3.8, 4) is 11.5 Å². The Balaban J connectivity index is 0.00000625. The maximum atomic E-state index is 12.4. The van der Waals surface area contributed by atoms with Crippen molar-refractivity contribution >= 4 is 24.3 Å². The third-order valence-electron chi connectivity index (χ3n) is 3.98. The molecule has 148 valence electrons. The minimum Gasteiger partial charge on any atom is -0.497 e. The van der Waals surface area contributed by atoms with Gasteiger partial charge in [0, 0.05) is 5.56 Å². The molecule has 7 nitrogen and oxygen atoms in total. The van der Waals surface area contributed by atoms with Crippen molar-refractivity contribution in [2.45, 2.75) is 51.7 Å². The third kappa shape index (κ3) is 6.72. The zero-order valence-corrected chi connectivity index (χ0v) is 16.7. The molecule has 3 unspecified atom stereocenters. The Morgan fingerprint density at radius 3 is 2.35 bits per heavy atom. The number of benzene rings is 1. The molecule has 26 heavy (non-hydrogen) atoms. The van der Waals surface area contributed by atoms with Crippen LogP contribution in [0, 0.1) is 0 Å². The van der Waals surface area contributed by atoms with Gasteiger partial charge >= 0.3 is 5.97 Å². The highest BCUT2D eigenvalue weighted by Gasteiger charge is 2.24. The summed E-state index contributed by atoms with van der Waals surface area (Å²) in [6, 6.07) is 3.66. The van der Waals surface area contributed by atoms with Gasteiger partial charge in [0.05, 0.1) is 26.3 Å². The summed E-state index contributed by atoms with van der Waals surface area (Å²) in [5, 5.41) is 14.9. The summed E-state index contributed by atoms with van der Waals surface area (Å²) in [7, 11) is 3.13. The lowest BCUT2D eigenvalue weighted by Gasteiger charge is -2.23. The number of hydrogen-bond acceptors (Lipinski definition) is 5. The molecule has 1 rings (SSSR count). The lowest BCUT2D eigenvalue weighted by molar-refractivity contribution is -0.140. The van der Waals surface area contributed by atoms with E-state index in [1.807, 2.05) is 13.8 Å². The van der Waals surface area contributed by atoms with Crippen LogP contribution in [0.15, 0.2) is 18.2 Å². The molecular weight excluding hydrogens is 360 g/mol. The molecule has 3 N–H and O–H groups in total. The summed E-state index contributed by atoms with van der Waals surface area (Å²) in [6.45, 7) is 5.39. The van der Waals surface area contributed by atoms with Crippen molar-refractivity contribution in [3.05, 3.63) is 23.8 Å². The Kier molecular flexibility index (Phi) is 10.7. The highest BCUT2D eigenvalue weighted by atomic mass is 35.5. The molecule has 0 aliphatic rings. The highest BCUT2D eigenvalue weighted by molar-refractivity contribution is 5.85. The summed E-state index contributed by atoms with van der Waals surface area (Å²) in [4.78, 5) is 23.6. The molecule has 0 heterocycles. The summed E-state index contributed by atoms with van der Waals surface area (Å²) < 4.78 is 10.6. The van der Waals surface area contributed by atoms with E-state index >= 15 is 0 Å². The van der Waals surface area contributed by atoms with Gasteiger partial charge in [-0.1, -0.05) is 13.3 Å². The molecule has 0 spiro atoms. The maximum Gasteiger partial charge on any atom is 0.320 e. The summed E-state index contributed by atoms with van der Waals surface area (Å²) >= 11 is 0. The second kappa shape index (κ2) is 11.6. The molecule has 0 bridgehead atoms. The molecule has 0 aromatic heterocycles. The van der Waals surface area contributed by atoms with Gasteiger partial charge in [0.25, 0.3) is 0 Å². The molecule has 1 amide bonds. The van der Waals surface area contributed by atoms with Crippen molar-refractivity contribution in [2.24, 2.45) is 0 Å². The number of carboxylic acid groups (broad SMARTS) is 1. The van der Waals surface area contributed by atoms with E-state index in [1.165, 1.54) is 0 Å². The average Bonchev–Trinajstić information content (AvgIpc) is 2.60. The first-order valence-corrected chi connectivity index (χ1v) is 8.35. The van der Waals surface area contributed by atoms with Gasteiger partial charge in [-0.25, -0.2) is 0 Å². The zero-order chi connectivity index (χ0) is 19.0. The number of carboxylic acids is 1. The van der Waals surface area contributed by atoms with Crippen LogP contribution in [-0.2, 0) is 9.59 Å². The highest BCUT2D eigenvalue weighted by Crippen LogP contribution is 2.29. The number of halogens is 1. The maximum absolute atomic E-state index is 12.4. The first-order valence-electron chi connectivity index (χ1n) is 8.35. The monoisotopic (exact) mass is 388 g/mol. The Morgan fingerprint density at radius 2 is 1.85 bits per heavy atom.